The molecule has 0 unspecified atom stereocenters. The topological polar surface area (TPSA) is 56.0 Å². The molecule has 1 amide bonds. The Morgan fingerprint density at radius 1 is 1.89 bits per heavy atom. The smallest absolute Gasteiger partial charge is 0.250 e. The molecule has 0 spiro atoms. The highest BCUT2D eigenvalue weighted by Crippen LogP contribution is 1.91. The third kappa shape index (κ3) is 1.25. The lowest BCUT2D eigenvalue weighted by atomic mass is 10.3. The van der Waals surface area contributed by atoms with Gasteiger partial charge in [0.25, 0.3) is 0 Å². The molecule has 0 aromatic carbocycles. The van der Waals surface area contributed by atoms with E-state index in [9.17, 15) is 4.79 Å². The van der Waals surface area contributed by atoms with E-state index >= 15 is 0 Å². The van der Waals surface area contributed by atoms with E-state index in [0.29, 0.717) is 0 Å². The predicted octanol–water partition coefficient (Wildman–Crippen LogP) is 0.181. The highest BCUT2D eigenvalue weighted by molar-refractivity contribution is 5.92. The molecule has 46 valence electrons. The molecule has 9 heavy (non-hydrogen) atoms. The third-order valence-electron chi connectivity index (χ3n) is 0.826. The van der Waals surface area contributed by atoms with Crippen molar-refractivity contribution in [2.45, 2.75) is 0 Å². The maximum atomic E-state index is 10.5. The summed E-state index contributed by atoms with van der Waals surface area (Å²) < 4.78 is 14.2. The van der Waals surface area contributed by atoms with Gasteiger partial charge in [-0.2, -0.15) is 0 Å². The molecule has 0 aliphatic heterocycles. The Bertz CT molecular complexity index is 301. The summed E-state index contributed by atoms with van der Waals surface area (Å²) in [5.74, 6) is -0.692. The van der Waals surface area contributed by atoms with Crippen LogP contribution in [0, 0.1) is 0 Å². The molecule has 0 bridgehead atoms. The van der Waals surface area contributed by atoms with Crippen LogP contribution < -0.4 is 5.73 Å². The fraction of sp³-hybridized carbons (Fsp3) is 0. The van der Waals surface area contributed by atoms with Crippen LogP contribution in [0.1, 0.15) is 13.1 Å². The van der Waals surface area contributed by atoms with Gasteiger partial charge in [-0.1, -0.05) is 0 Å². The van der Waals surface area contributed by atoms with Gasteiger partial charge in [0.2, 0.25) is 5.91 Å². The number of aromatic nitrogens is 1. The van der Waals surface area contributed by atoms with Gasteiger partial charge >= 0.3 is 0 Å². The second-order valence-electron chi connectivity index (χ2n) is 1.45. The van der Waals surface area contributed by atoms with E-state index in [1.165, 1.54) is 6.07 Å². The zero-order valence-electron chi connectivity index (χ0n) is 6.59. The van der Waals surface area contributed by atoms with Crippen LogP contribution in [0.2, 0.25) is 0 Å². The molecule has 3 heteroatoms. The number of primary amides is 1. The second-order valence-corrected chi connectivity index (χ2v) is 1.45. The van der Waals surface area contributed by atoms with Crippen LogP contribution in [0.5, 0.6) is 0 Å². The van der Waals surface area contributed by atoms with Crippen molar-refractivity contribution in [3.8, 4) is 0 Å². The molecule has 0 aliphatic carbocycles. The zero-order valence-corrected chi connectivity index (χ0v) is 4.59. The number of nitrogens with two attached hydrogens (primary N) is 1. The van der Waals surface area contributed by atoms with E-state index in [2.05, 4.69) is 4.98 Å². The van der Waals surface area contributed by atoms with Crippen molar-refractivity contribution in [3.63, 3.8) is 0 Å². The van der Waals surface area contributed by atoms with Gasteiger partial charge in [0.15, 0.2) is 0 Å². The summed E-state index contributed by atoms with van der Waals surface area (Å²) in [5, 5.41) is 0. The summed E-state index contributed by atoms with van der Waals surface area (Å²) in [4.78, 5) is 14.0. The summed E-state index contributed by atoms with van der Waals surface area (Å²) in [7, 11) is 0. The fourth-order valence-corrected chi connectivity index (χ4v) is 0.421. The van der Waals surface area contributed by atoms with Gasteiger partial charge in [-0.05, 0) is 12.1 Å². The lowest BCUT2D eigenvalue weighted by molar-refractivity contribution is 0.1000. The van der Waals surface area contributed by atoms with E-state index in [-0.39, 0.29) is 17.8 Å². The van der Waals surface area contributed by atoms with Crippen LogP contribution in [0.25, 0.3) is 0 Å². The Balaban J connectivity index is 3.20. The normalized spacial score (nSPS) is 12.0. The molecule has 1 rings (SSSR count). The molecule has 0 atom stereocenters. The molecule has 1 heterocycles. The molecule has 0 saturated heterocycles. The molecule has 0 fully saturated rings. The first-order valence-corrected chi connectivity index (χ1v) is 2.34. The van der Waals surface area contributed by atoms with E-state index in [4.69, 9.17) is 8.48 Å². The molecule has 0 saturated carbocycles. The van der Waals surface area contributed by atoms with Gasteiger partial charge < -0.3 is 5.73 Å². The standard InChI is InChI=1S/C6H6N2O/c7-6(9)5-2-1-3-8-4-5/h1-4H,(H2,7,9)/i2D,3D. The molecule has 1 aromatic heterocycles. The van der Waals surface area contributed by atoms with Crippen molar-refractivity contribution in [2.75, 3.05) is 0 Å². The Kier molecular flexibility index (Phi) is 0.906. The number of carbonyl (C=O) groups is 1. The molecule has 2 N–H and O–H groups in total. The average molecular weight is 124 g/mol. The van der Waals surface area contributed by atoms with Gasteiger partial charge in [0.05, 0.1) is 8.30 Å². The summed E-state index contributed by atoms with van der Waals surface area (Å²) >= 11 is 0. The zero-order chi connectivity index (χ0) is 8.43. The van der Waals surface area contributed by atoms with Crippen molar-refractivity contribution in [1.29, 1.82) is 0 Å². The van der Waals surface area contributed by atoms with Gasteiger partial charge in [0, 0.05) is 12.4 Å². The van der Waals surface area contributed by atoms with Crippen molar-refractivity contribution < 1.29 is 7.54 Å². The van der Waals surface area contributed by atoms with Crippen LogP contribution >= 0.6 is 0 Å². The number of hydrogen-bond donors (Lipinski definition) is 1. The van der Waals surface area contributed by atoms with Crippen LogP contribution in [0.15, 0.2) is 24.5 Å². The van der Waals surface area contributed by atoms with Crippen molar-refractivity contribution >= 4 is 5.91 Å². The summed E-state index contributed by atoms with van der Waals surface area (Å²) in [5.41, 5.74) is 4.95. The van der Waals surface area contributed by atoms with Crippen LogP contribution in [0.4, 0.5) is 0 Å². The molecule has 1 aromatic rings. The Morgan fingerprint density at radius 2 is 2.67 bits per heavy atom. The minimum atomic E-state index is -0.692. The SMILES string of the molecule is [2H]c1cc([2H])c(C(N)=O)cn1. The monoisotopic (exact) mass is 124 g/mol. The van der Waals surface area contributed by atoms with Crippen LogP contribution in [-0.2, 0) is 0 Å². The number of rotatable bonds is 1. The van der Waals surface area contributed by atoms with Crippen molar-refractivity contribution in [2.24, 2.45) is 5.73 Å². The lowest BCUT2D eigenvalue weighted by Crippen LogP contribution is -2.10. The second kappa shape index (κ2) is 2.26. The largest absolute Gasteiger partial charge is 0.366 e. The predicted molar refractivity (Wildman–Crippen MR) is 32.8 cm³/mol. The maximum Gasteiger partial charge on any atom is 0.250 e. The van der Waals surface area contributed by atoms with E-state index < -0.39 is 5.91 Å². The Hall–Kier alpha value is -1.38. The van der Waals surface area contributed by atoms with Crippen molar-refractivity contribution in [3.05, 3.63) is 30.0 Å². The number of carbonyl (C=O) groups excluding carboxylic acids is 1. The minimum Gasteiger partial charge on any atom is -0.366 e. The van der Waals surface area contributed by atoms with Gasteiger partial charge in [-0.25, -0.2) is 0 Å². The summed E-state index contributed by atoms with van der Waals surface area (Å²) in [6.45, 7) is 0. The first-order chi connectivity index (χ1) is 5.11. The molecule has 0 radical (unpaired) electrons. The molecular weight excluding hydrogens is 116 g/mol. The van der Waals surface area contributed by atoms with E-state index in [1.807, 2.05) is 0 Å². The molecule has 3 nitrogen and oxygen atoms in total. The van der Waals surface area contributed by atoms with Crippen molar-refractivity contribution in [1.82, 2.24) is 4.98 Å². The average Bonchev–Trinajstić information content (AvgIpc) is 1.85. The number of nitrogens with zero attached hydrogens (tertiary/aromatic N) is 1. The quantitative estimate of drug-likeness (QED) is 0.580. The fourth-order valence-electron chi connectivity index (χ4n) is 0.421. The number of pyridine rings is 1. The van der Waals surface area contributed by atoms with Gasteiger partial charge in [-0.15, -0.1) is 0 Å². The summed E-state index contributed by atoms with van der Waals surface area (Å²) in [6, 6.07) is 1.11. The highest BCUT2D eigenvalue weighted by Gasteiger charge is 1.94. The first-order valence-electron chi connectivity index (χ1n) is 3.34. The maximum absolute atomic E-state index is 10.5. The molecule has 0 aliphatic rings. The van der Waals surface area contributed by atoms with Crippen LogP contribution in [-0.4, -0.2) is 10.9 Å². The third-order valence-corrected chi connectivity index (χ3v) is 0.826. The lowest BCUT2D eigenvalue weighted by Gasteiger charge is -1.88. The number of hydrogen-bond acceptors (Lipinski definition) is 2. The first kappa shape index (κ1) is 3.61. The minimum absolute atomic E-state index is 0.0417. The van der Waals surface area contributed by atoms with Gasteiger partial charge in [-0.3, -0.25) is 9.78 Å². The number of amides is 1. The Morgan fingerprint density at radius 3 is 3.22 bits per heavy atom. The molecular formula is C6H6N2O. The van der Waals surface area contributed by atoms with E-state index in [0.717, 1.165) is 6.20 Å². The van der Waals surface area contributed by atoms with Crippen LogP contribution in [0.3, 0.4) is 0 Å². The van der Waals surface area contributed by atoms with E-state index in [1.54, 1.807) is 0 Å². The summed E-state index contributed by atoms with van der Waals surface area (Å²) in [6.07, 6.45) is 1.09. The Labute approximate surface area is 55.3 Å². The van der Waals surface area contributed by atoms with Gasteiger partial charge in [0.1, 0.15) is 0 Å². The highest BCUT2D eigenvalue weighted by atomic mass is 16.1.